The van der Waals surface area contributed by atoms with Crippen molar-refractivity contribution >= 4 is 28.6 Å². The summed E-state index contributed by atoms with van der Waals surface area (Å²) in [4.78, 5) is 11.4. The summed E-state index contributed by atoms with van der Waals surface area (Å²) < 4.78 is 6.59. The number of anilines is 5. The zero-order valence-corrected chi connectivity index (χ0v) is 34.4. The zero-order chi connectivity index (χ0) is 37.1. The first-order valence-electron chi connectivity index (χ1n) is 18.3. The summed E-state index contributed by atoms with van der Waals surface area (Å²) in [7, 11) is 0. The van der Waals surface area contributed by atoms with Crippen LogP contribution in [-0.4, -0.2) is 4.98 Å². The second-order valence-electron chi connectivity index (χ2n) is 16.1. The van der Waals surface area contributed by atoms with Gasteiger partial charge in [-0.3, -0.25) is 0 Å². The van der Waals surface area contributed by atoms with Gasteiger partial charge in [0.2, 0.25) is 0 Å². The summed E-state index contributed by atoms with van der Waals surface area (Å²) in [5, 5.41) is 0. The van der Waals surface area contributed by atoms with Gasteiger partial charge in [-0.25, -0.2) is 4.98 Å². The van der Waals surface area contributed by atoms with Crippen molar-refractivity contribution in [2.24, 2.45) is 0 Å². The summed E-state index contributed by atoms with van der Waals surface area (Å²) in [6.45, 7) is 19.8. The van der Waals surface area contributed by atoms with Gasteiger partial charge in [-0.1, -0.05) is 89.2 Å². The van der Waals surface area contributed by atoms with Gasteiger partial charge in [-0.2, -0.15) is 12.1 Å². The first-order chi connectivity index (χ1) is 25.3. The Bertz CT molecular complexity index is 2370. The molecule has 6 heteroatoms. The smallest absolute Gasteiger partial charge is 0.135 e. The number of hydrogen-bond donors (Lipinski definition) is 0. The summed E-state index contributed by atoms with van der Waals surface area (Å²) in [6.07, 6.45) is 6.02. The van der Waals surface area contributed by atoms with E-state index in [0.29, 0.717) is 11.5 Å². The quantitative estimate of drug-likeness (QED) is 0.161. The van der Waals surface area contributed by atoms with Crippen LogP contribution in [-0.2, 0) is 31.9 Å². The fraction of sp³-hybridized carbons (Fsp3) is 0.208. The zero-order valence-electron chi connectivity index (χ0n) is 32.1. The molecule has 0 unspecified atom stereocenters. The van der Waals surface area contributed by atoms with Crippen molar-refractivity contribution in [3.8, 4) is 33.8 Å². The van der Waals surface area contributed by atoms with Gasteiger partial charge in [0.15, 0.2) is 0 Å². The van der Waals surface area contributed by atoms with Crippen LogP contribution in [0.5, 0.6) is 11.5 Å². The molecule has 0 atom stereocenters. The normalized spacial score (nSPS) is 13.5. The molecule has 5 nitrogen and oxygen atoms in total. The van der Waals surface area contributed by atoms with Crippen LogP contribution in [0.25, 0.3) is 22.3 Å². The van der Waals surface area contributed by atoms with Crippen LogP contribution in [0, 0.1) is 32.6 Å². The molecule has 276 valence electrons. The molecule has 54 heavy (non-hydrogen) atoms. The van der Waals surface area contributed by atoms with Gasteiger partial charge in [0.05, 0.1) is 5.69 Å². The molecule has 0 amide bonds. The number of hydrogen-bond acceptors (Lipinski definition) is 5. The van der Waals surface area contributed by atoms with Gasteiger partial charge in [-0.15, -0.1) is 48.3 Å². The largest absolute Gasteiger partial charge is 0.509 e. The van der Waals surface area contributed by atoms with E-state index < -0.39 is 0 Å². The van der Waals surface area contributed by atoms with Crippen molar-refractivity contribution in [3.63, 3.8) is 0 Å². The molecular formula is C48H45N4OPt-3. The Kier molecular flexibility index (Phi) is 9.83. The van der Waals surface area contributed by atoms with Crippen LogP contribution in [0.2, 0.25) is 0 Å². The third kappa shape index (κ3) is 7.10. The van der Waals surface area contributed by atoms with Crippen molar-refractivity contribution in [1.82, 2.24) is 4.98 Å². The van der Waals surface area contributed by atoms with Gasteiger partial charge in [-0.05, 0) is 101 Å². The maximum Gasteiger partial charge on any atom is 0.135 e. The van der Waals surface area contributed by atoms with Crippen LogP contribution in [0.4, 0.5) is 28.6 Å². The standard InChI is InChI=1S/C48H45N4O.Pt/c1-32-26-43-41-15-10-9-14-40(41)42-21-20-39(30-45(42)52(44(43)27-33(32)2)46-28-35(22-23-49-46)48(6,7)8)53-38-13-11-12-37(29-38)51-25-24-50(31-51)36-18-16-34(17-19-36)47(3,4)5;/h9-28,31H,1-8H3;/q-3;. The van der Waals surface area contributed by atoms with E-state index in [1.54, 1.807) is 0 Å². The molecule has 0 N–H and O–H groups in total. The minimum absolute atomic E-state index is 0. The topological polar surface area (TPSA) is 31.8 Å². The van der Waals surface area contributed by atoms with Crippen molar-refractivity contribution in [3.05, 3.63) is 163 Å². The number of aromatic nitrogens is 1. The molecule has 0 bridgehead atoms. The Labute approximate surface area is 335 Å². The third-order valence-electron chi connectivity index (χ3n) is 10.2. The van der Waals surface area contributed by atoms with Crippen LogP contribution in [0.1, 0.15) is 63.8 Å². The van der Waals surface area contributed by atoms with E-state index in [4.69, 9.17) is 9.72 Å². The van der Waals surface area contributed by atoms with Crippen molar-refractivity contribution in [1.29, 1.82) is 0 Å². The van der Waals surface area contributed by atoms with Crippen molar-refractivity contribution in [2.45, 2.75) is 66.2 Å². The molecule has 0 saturated carbocycles. The number of ether oxygens (including phenoxy) is 1. The second kappa shape index (κ2) is 14.3. The summed E-state index contributed by atoms with van der Waals surface area (Å²) in [5.41, 5.74) is 13.5. The monoisotopic (exact) mass is 888 g/mol. The molecule has 0 aliphatic carbocycles. The van der Waals surface area contributed by atoms with Crippen LogP contribution in [0.3, 0.4) is 0 Å². The Morgan fingerprint density at radius 2 is 1.28 bits per heavy atom. The Morgan fingerprint density at radius 3 is 2.00 bits per heavy atom. The Balaban J connectivity index is 0.00000450. The number of pyridine rings is 1. The van der Waals surface area contributed by atoms with Crippen LogP contribution >= 0.6 is 0 Å². The number of benzene rings is 5. The molecular weight excluding hydrogens is 844 g/mol. The number of nitrogens with zero attached hydrogens (tertiary/aromatic N) is 4. The van der Waals surface area contributed by atoms with Gasteiger partial charge in [0.1, 0.15) is 5.82 Å². The fourth-order valence-electron chi connectivity index (χ4n) is 6.99. The van der Waals surface area contributed by atoms with E-state index in [0.717, 1.165) is 45.3 Å². The van der Waals surface area contributed by atoms with E-state index in [1.165, 1.54) is 27.8 Å². The van der Waals surface area contributed by atoms with Gasteiger partial charge in [0, 0.05) is 50.0 Å². The minimum Gasteiger partial charge on any atom is -0.509 e. The molecule has 0 fully saturated rings. The summed E-state index contributed by atoms with van der Waals surface area (Å²) in [5.74, 6) is 2.04. The average Bonchev–Trinajstić information content (AvgIpc) is 3.60. The summed E-state index contributed by atoms with van der Waals surface area (Å²) in [6, 6.07) is 43.6. The molecule has 0 radical (unpaired) electrons. The average molecular weight is 889 g/mol. The number of aryl methyl sites for hydroxylation is 2. The van der Waals surface area contributed by atoms with Gasteiger partial charge >= 0.3 is 0 Å². The van der Waals surface area contributed by atoms with Gasteiger partial charge in [0.25, 0.3) is 0 Å². The van der Waals surface area contributed by atoms with E-state index in [2.05, 4.69) is 174 Å². The molecule has 0 saturated heterocycles. The molecule has 8 rings (SSSR count). The van der Waals surface area contributed by atoms with Crippen LogP contribution in [0.15, 0.2) is 122 Å². The molecule has 2 aliphatic rings. The van der Waals surface area contributed by atoms with Crippen LogP contribution < -0.4 is 19.4 Å². The Hall–Kier alpha value is -5.12. The fourth-order valence-corrected chi connectivity index (χ4v) is 6.99. The molecule has 1 aromatic heterocycles. The van der Waals surface area contributed by atoms with Gasteiger partial charge < -0.3 is 19.4 Å². The van der Waals surface area contributed by atoms with Crippen molar-refractivity contribution < 1.29 is 25.8 Å². The van der Waals surface area contributed by atoms with E-state index in [9.17, 15) is 0 Å². The number of fused-ring (bicyclic) bond motifs is 5. The maximum atomic E-state index is 6.59. The predicted molar refractivity (Wildman–Crippen MR) is 219 cm³/mol. The molecule has 0 spiro atoms. The van der Waals surface area contributed by atoms with E-state index >= 15 is 0 Å². The molecule has 6 aromatic rings. The number of rotatable bonds is 5. The predicted octanol–water partition coefficient (Wildman–Crippen LogP) is 12.7. The van der Waals surface area contributed by atoms with Crippen molar-refractivity contribution in [2.75, 3.05) is 14.7 Å². The first kappa shape index (κ1) is 37.2. The van der Waals surface area contributed by atoms with E-state index in [-0.39, 0.29) is 31.9 Å². The maximum absolute atomic E-state index is 6.59. The summed E-state index contributed by atoms with van der Waals surface area (Å²) >= 11 is 0. The minimum atomic E-state index is -0.0489. The molecule has 5 aromatic carbocycles. The third-order valence-corrected chi connectivity index (χ3v) is 10.2. The molecule has 2 aliphatic heterocycles. The Morgan fingerprint density at radius 1 is 0.611 bits per heavy atom. The van der Waals surface area contributed by atoms with E-state index in [1.807, 2.05) is 36.7 Å². The first-order valence-corrected chi connectivity index (χ1v) is 18.3. The second-order valence-corrected chi connectivity index (χ2v) is 16.1. The molecule has 3 heterocycles. The SMILES string of the molecule is Cc1cc2c(cc1C)N(c1cc(C(C)(C)C)ccn1)c1[c-]c(Oc3[c-]c(N4C=CN(c5ccc(C(C)(C)C)cc5)[CH-]4)ccc3)ccc1-c1ccccc1-2.[Pt].